The van der Waals surface area contributed by atoms with Gasteiger partial charge in [0.25, 0.3) is 0 Å². The largest absolute Gasteiger partial charge is 0.493 e. The van der Waals surface area contributed by atoms with Crippen molar-refractivity contribution in [2.24, 2.45) is 5.73 Å². The Labute approximate surface area is 105 Å². The molecule has 2 rings (SSSR count). The van der Waals surface area contributed by atoms with E-state index in [0.717, 1.165) is 6.07 Å². The number of nitrogens with two attached hydrogens (primary N) is 1. The highest BCUT2D eigenvalue weighted by molar-refractivity contribution is 6.31. The molecule has 8 heteroatoms. The first-order valence-corrected chi connectivity index (χ1v) is 5.20. The van der Waals surface area contributed by atoms with Crippen molar-refractivity contribution >= 4 is 11.6 Å². The lowest BCUT2D eigenvalue weighted by Crippen LogP contribution is -1.98. The number of ether oxygens (including phenoxy) is 1. The van der Waals surface area contributed by atoms with Gasteiger partial charge in [0.2, 0.25) is 11.7 Å². The van der Waals surface area contributed by atoms with Gasteiger partial charge in [-0.1, -0.05) is 16.8 Å². The van der Waals surface area contributed by atoms with Crippen LogP contribution in [0.5, 0.6) is 5.75 Å². The van der Waals surface area contributed by atoms with Gasteiger partial charge < -0.3 is 15.0 Å². The fourth-order valence-electron chi connectivity index (χ4n) is 1.39. The van der Waals surface area contributed by atoms with Gasteiger partial charge in [-0.05, 0) is 6.07 Å². The highest BCUT2D eigenvalue weighted by atomic mass is 35.5. The van der Waals surface area contributed by atoms with E-state index in [4.69, 9.17) is 26.6 Å². The van der Waals surface area contributed by atoms with E-state index in [-0.39, 0.29) is 29.6 Å². The van der Waals surface area contributed by atoms with E-state index in [1.807, 2.05) is 0 Å². The predicted molar refractivity (Wildman–Crippen MR) is 59.1 cm³/mol. The molecule has 0 unspecified atom stereocenters. The number of rotatable bonds is 3. The first-order chi connectivity index (χ1) is 8.58. The maximum atomic E-state index is 13.7. The molecule has 0 fully saturated rings. The van der Waals surface area contributed by atoms with Crippen LogP contribution in [0.4, 0.5) is 8.78 Å². The van der Waals surface area contributed by atoms with Gasteiger partial charge in [-0.3, -0.25) is 0 Å². The van der Waals surface area contributed by atoms with E-state index < -0.39 is 16.7 Å². The smallest absolute Gasteiger partial charge is 0.240 e. The molecule has 0 amide bonds. The Morgan fingerprint density at radius 1 is 1.50 bits per heavy atom. The Balaban J connectivity index is 2.63. The third kappa shape index (κ3) is 2.02. The van der Waals surface area contributed by atoms with E-state index in [9.17, 15) is 8.78 Å². The molecule has 0 saturated carbocycles. The molecule has 18 heavy (non-hydrogen) atoms. The summed E-state index contributed by atoms with van der Waals surface area (Å²) in [5.74, 6) is -2.10. The summed E-state index contributed by atoms with van der Waals surface area (Å²) >= 11 is 5.44. The lowest BCUT2D eigenvalue weighted by molar-refractivity contribution is 0.376. The maximum Gasteiger partial charge on any atom is 0.240 e. The summed E-state index contributed by atoms with van der Waals surface area (Å²) in [6.45, 7) is 0.0217. The molecule has 96 valence electrons. The van der Waals surface area contributed by atoms with Crippen LogP contribution in [0.15, 0.2) is 10.6 Å². The molecule has 2 aromatic rings. The van der Waals surface area contributed by atoms with E-state index in [0.29, 0.717) is 0 Å². The summed E-state index contributed by atoms with van der Waals surface area (Å²) in [7, 11) is 1.22. The number of hydrogen-bond acceptors (Lipinski definition) is 5. The Hall–Kier alpha value is -1.73. The van der Waals surface area contributed by atoms with Crippen molar-refractivity contribution in [1.29, 1.82) is 0 Å². The van der Waals surface area contributed by atoms with Crippen LogP contribution in [0.2, 0.25) is 5.02 Å². The minimum absolute atomic E-state index is 0.000324. The van der Waals surface area contributed by atoms with Gasteiger partial charge in [-0.2, -0.15) is 4.98 Å². The van der Waals surface area contributed by atoms with Gasteiger partial charge in [-0.25, -0.2) is 8.78 Å². The Kier molecular flexibility index (Phi) is 3.44. The molecule has 0 saturated heterocycles. The van der Waals surface area contributed by atoms with E-state index in [1.54, 1.807) is 0 Å². The molecule has 1 aromatic heterocycles. The molecule has 5 nitrogen and oxygen atoms in total. The normalized spacial score (nSPS) is 10.7. The topological polar surface area (TPSA) is 74.2 Å². The summed E-state index contributed by atoms with van der Waals surface area (Å²) in [5, 5.41) is 2.90. The molecule has 0 aliphatic heterocycles. The Morgan fingerprint density at radius 2 is 2.22 bits per heavy atom. The fraction of sp³-hybridized carbons (Fsp3) is 0.200. The van der Waals surface area contributed by atoms with Gasteiger partial charge in [0.05, 0.1) is 19.2 Å². The summed E-state index contributed by atoms with van der Waals surface area (Å²) in [6, 6.07) is 0.968. The van der Waals surface area contributed by atoms with Crippen LogP contribution in [0.1, 0.15) is 5.89 Å². The average molecular weight is 276 g/mol. The van der Waals surface area contributed by atoms with Crippen molar-refractivity contribution in [2.75, 3.05) is 7.11 Å². The summed E-state index contributed by atoms with van der Waals surface area (Å²) in [5.41, 5.74) is 5.30. The molecular formula is C10H8ClF2N3O2. The van der Waals surface area contributed by atoms with Crippen LogP contribution in [0.25, 0.3) is 11.4 Å². The second-order valence-corrected chi connectivity index (χ2v) is 3.66. The zero-order valence-corrected chi connectivity index (χ0v) is 9.96. The maximum absolute atomic E-state index is 13.7. The minimum atomic E-state index is -1.02. The number of hydrogen-bond donors (Lipinski definition) is 1. The van der Waals surface area contributed by atoms with Gasteiger partial charge in [0.1, 0.15) is 10.8 Å². The van der Waals surface area contributed by atoms with Crippen molar-refractivity contribution in [3.8, 4) is 17.1 Å². The van der Waals surface area contributed by atoms with Crippen LogP contribution in [-0.2, 0) is 6.54 Å². The van der Waals surface area contributed by atoms with Crippen LogP contribution >= 0.6 is 11.6 Å². The Morgan fingerprint density at radius 3 is 2.78 bits per heavy atom. The lowest BCUT2D eigenvalue weighted by Gasteiger charge is -2.08. The number of benzene rings is 1. The van der Waals surface area contributed by atoms with Crippen LogP contribution in [-0.4, -0.2) is 17.3 Å². The SMILES string of the molecule is COc1c(-c2noc(CN)n2)cc(F)c(Cl)c1F. The zero-order chi connectivity index (χ0) is 13.3. The molecule has 0 bridgehead atoms. The monoisotopic (exact) mass is 275 g/mol. The first-order valence-electron chi connectivity index (χ1n) is 4.83. The third-order valence-corrected chi connectivity index (χ3v) is 2.55. The number of halogens is 3. The van der Waals surface area contributed by atoms with Gasteiger partial charge in [-0.15, -0.1) is 0 Å². The molecule has 0 aliphatic rings. The standard InChI is InChI=1S/C10H8ClF2N3O2/c1-17-9-4(2-5(12)7(11)8(9)13)10-15-6(3-14)18-16-10/h2H,3,14H2,1H3. The fourth-order valence-corrected chi connectivity index (χ4v) is 1.53. The van der Waals surface area contributed by atoms with Crippen molar-refractivity contribution < 1.29 is 18.0 Å². The van der Waals surface area contributed by atoms with Gasteiger partial charge >= 0.3 is 0 Å². The molecule has 0 aliphatic carbocycles. The van der Waals surface area contributed by atoms with Crippen LogP contribution < -0.4 is 10.5 Å². The molecule has 1 aromatic carbocycles. The molecular weight excluding hydrogens is 268 g/mol. The number of methoxy groups -OCH3 is 1. The highest BCUT2D eigenvalue weighted by Crippen LogP contribution is 2.36. The van der Waals surface area contributed by atoms with E-state index >= 15 is 0 Å². The van der Waals surface area contributed by atoms with Gasteiger partial charge in [0.15, 0.2) is 11.6 Å². The summed E-state index contributed by atoms with van der Waals surface area (Å²) < 4.78 is 36.7. The van der Waals surface area contributed by atoms with Crippen molar-refractivity contribution in [3.63, 3.8) is 0 Å². The summed E-state index contributed by atoms with van der Waals surface area (Å²) in [4.78, 5) is 3.86. The second kappa shape index (κ2) is 4.87. The van der Waals surface area contributed by atoms with Crippen LogP contribution in [0, 0.1) is 11.6 Å². The zero-order valence-electron chi connectivity index (χ0n) is 9.21. The summed E-state index contributed by atoms with van der Waals surface area (Å²) in [6.07, 6.45) is 0. The van der Waals surface area contributed by atoms with E-state index in [2.05, 4.69) is 10.1 Å². The second-order valence-electron chi connectivity index (χ2n) is 3.28. The number of aromatic nitrogens is 2. The van der Waals surface area contributed by atoms with Crippen molar-refractivity contribution in [3.05, 3.63) is 28.6 Å². The lowest BCUT2D eigenvalue weighted by atomic mass is 10.1. The van der Waals surface area contributed by atoms with Crippen molar-refractivity contribution in [2.45, 2.75) is 6.54 Å². The molecule has 0 radical (unpaired) electrons. The molecule has 2 N–H and O–H groups in total. The average Bonchev–Trinajstić information content (AvgIpc) is 2.84. The molecule has 1 heterocycles. The molecule has 0 atom stereocenters. The van der Waals surface area contributed by atoms with Crippen LogP contribution in [0.3, 0.4) is 0 Å². The quantitative estimate of drug-likeness (QED) is 0.869. The first kappa shape index (κ1) is 12.7. The number of nitrogens with zero attached hydrogens (tertiary/aromatic N) is 2. The minimum Gasteiger partial charge on any atom is -0.493 e. The van der Waals surface area contributed by atoms with E-state index in [1.165, 1.54) is 7.11 Å². The predicted octanol–water partition coefficient (Wildman–Crippen LogP) is 2.14. The Bertz CT molecular complexity index is 589. The highest BCUT2D eigenvalue weighted by Gasteiger charge is 2.22. The van der Waals surface area contributed by atoms with Gasteiger partial charge in [0, 0.05) is 0 Å². The molecule has 0 spiro atoms. The third-order valence-electron chi connectivity index (χ3n) is 2.21. The van der Waals surface area contributed by atoms with Crippen molar-refractivity contribution in [1.82, 2.24) is 10.1 Å².